The minimum atomic E-state index is -0.297. The van der Waals surface area contributed by atoms with Crippen LogP contribution in [0.25, 0.3) is 0 Å². The summed E-state index contributed by atoms with van der Waals surface area (Å²) in [5.74, 6) is 1.70. The molecule has 0 fully saturated rings. The fourth-order valence-electron chi connectivity index (χ4n) is 4.61. The van der Waals surface area contributed by atoms with Crippen LogP contribution < -0.4 is 4.74 Å². The smallest absolute Gasteiger partial charge is 0.166 e. The standard InChI is InChI=1S/C23H27NO2/c1-3-5-6-7-8-17-12-20(25)22-18-11-16(4-2)9-10-19(18)23(14-24-15-23)26-21(22)13-17/h3-4,11-14,18-19,25H,1-2,5-10,15H2/t18-,19-,23?/m1/s1. The third kappa shape index (κ3) is 2.80. The number of aliphatic imine (C=N–C) groups is 1. The Morgan fingerprint density at radius 2 is 2.15 bits per heavy atom. The second-order valence-corrected chi connectivity index (χ2v) is 7.70. The maximum Gasteiger partial charge on any atom is 0.166 e. The van der Waals surface area contributed by atoms with Crippen molar-refractivity contribution in [3.63, 3.8) is 0 Å². The van der Waals surface area contributed by atoms with Gasteiger partial charge in [-0.25, -0.2) is 0 Å². The molecule has 3 atom stereocenters. The van der Waals surface area contributed by atoms with Gasteiger partial charge in [0.05, 0.1) is 6.54 Å². The van der Waals surface area contributed by atoms with Crippen molar-refractivity contribution >= 4 is 6.21 Å². The Morgan fingerprint density at radius 1 is 1.31 bits per heavy atom. The predicted molar refractivity (Wildman–Crippen MR) is 106 cm³/mol. The molecule has 136 valence electrons. The maximum absolute atomic E-state index is 10.8. The van der Waals surface area contributed by atoms with Crippen LogP contribution >= 0.6 is 0 Å². The van der Waals surface area contributed by atoms with Gasteiger partial charge in [-0.05, 0) is 56.2 Å². The van der Waals surface area contributed by atoms with Gasteiger partial charge in [-0.15, -0.1) is 6.58 Å². The second kappa shape index (κ2) is 6.79. The summed E-state index contributed by atoms with van der Waals surface area (Å²) in [4.78, 5) is 4.35. The summed E-state index contributed by atoms with van der Waals surface area (Å²) < 4.78 is 6.46. The van der Waals surface area contributed by atoms with Crippen LogP contribution in [0.1, 0.15) is 49.1 Å². The molecule has 0 saturated heterocycles. The largest absolute Gasteiger partial charge is 0.507 e. The highest BCUT2D eigenvalue weighted by molar-refractivity contribution is 5.78. The van der Waals surface area contributed by atoms with Crippen LogP contribution in [-0.2, 0) is 6.42 Å². The van der Waals surface area contributed by atoms with E-state index < -0.39 is 0 Å². The van der Waals surface area contributed by atoms with Crippen LogP contribution in [0.2, 0.25) is 0 Å². The monoisotopic (exact) mass is 349 g/mol. The first-order chi connectivity index (χ1) is 12.7. The topological polar surface area (TPSA) is 41.8 Å². The van der Waals surface area contributed by atoms with Gasteiger partial charge in [-0.2, -0.15) is 0 Å². The van der Waals surface area contributed by atoms with E-state index in [2.05, 4.69) is 30.3 Å². The summed E-state index contributed by atoms with van der Waals surface area (Å²) in [5, 5.41) is 10.8. The molecule has 1 spiro atoms. The van der Waals surface area contributed by atoms with Crippen LogP contribution in [0.4, 0.5) is 0 Å². The first-order valence-corrected chi connectivity index (χ1v) is 9.66. The SMILES string of the molecule is C=CCCCCc1cc(O)c2c(c1)OC1(C=NC1)[C@@H]1CCC(C=C)=C[C@@H]21. The molecule has 0 bridgehead atoms. The molecule has 4 rings (SSSR count). The van der Waals surface area contributed by atoms with E-state index >= 15 is 0 Å². The minimum Gasteiger partial charge on any atom is -0.507 e. The van der Waals surface area contributed by atoms with Crippen molar-refractivity contribution in [2.24, 2.45) is 10.9 Å². The van der Waals surface area contributed by atoms with Gasteiger partial charge in [0, 0.05) is 23.6 Å². The maximum atomic E-state index is 10.8. The lowest BCUT2D eigenvalue weighted by Gasteiger charge is -2.50. The molecular weight excluding hydrogens is 322 g/mol. The summed E-state index contributed by atoms with van der Waals surface area (Å²) in [6.45, 7) is 8.43. The molecule has 26 heavy (non-hydrogen) atoms. The first kappa shape index (κ1) is 17.1. The zero-order chi connectivity index (χ0) is 18.1. The number of hydrogen-bond donors (Lipinski definition) is 1. The Morgan fingerprint density at radius 3 is 2.85 bits per heavy atom. The number of hydrogen-bond acceptors (Lipinski definition) is 3. The van der Waals surface area contributed by atoms with E-state index in [1.165, 1.54) is 5.57 Å². The van der Waals surface area contributed by atoms with E-state index in [9.17, 15) is 5.11 Å². The number of rotatable bonds is 6. The van der Waals surface area contributed by atoms with Gasteiger partial charge < -0.3 is 9.84 Å². The lowest BCUT2D eigenvalue weighted by Crippen LogP contribution is -2.57. The van der Waals surface area contributed by atoms with E-state index in [0.29, 0.717) is 11.7 Å². The summed E-state index contributed by atoms with van der Waals surface area (Å²) >= 11 is 0. The third-order valence-corrected chi connectivity index (χ3v) is 6.05. The second-order valence-electron chi connectivity index (χ2n) is 7.70. The molecule has 1 unspecified atom stereocenters. The van der Waals surface area contributed by atoms with Gasteiger partial charge in [-0.1, -0.05) is 30.4 Å². The molecule has 1 N–H and O–H groups in total. The average Bonchev–Trinajstić information content (AvgIpc) is 2.62. The number of fused-ring (bicyclic) bond motifs is 4. The summed E-state index contributed by atoms with van der Waals surface area (Å²) in [6, 6.07) is 4.05. The van der Waals surface area contributed by atoms with Crippen molar-refractivity contribution in [3.05, 3.63) is 60.2 Å². The molecule has 0 radical (unpaired) electrons. The third-order valence-electron chi connectivity index (χ3n) is 6.05. The number of ether oxygens (including phenoxy) is 1. The fourth-order valence-corrected chi connectivity index (χ4v) is 4.61. The lowest BCUT2D eigenvalue weighted by molar-refractivity contribution is 0.0374. The number of phenols is 1. The molecule has 1 aromatic carbocycles. The molecule has 0 aromatic heterocycles. The summed E-state index contributed by atoms with van der Waals surface area (Å²) in [6.07, 6.45) is 14.4. The van der Waals surface area contributed by atoms with E-state index in [1.807, 2.05) is 24.4 Å². The molecular formula is C23H27NO2. The molecule has 0 saturated carbocycles. The number of phenolic OH excluding ortho intramolecular Hbond substituents is 1. The fraction of sp³-hybridized carbons (Fsp3) is 0.435. The molecule has 1 aliphatic carbocycles. The normalized spacial score (nSPS) is 28.4. The predicted octanol–water partition coefficient (Wildman–Crippen LogP) is 5.11. The number of unbranched alkanes of at least 4 members (excludes halogenated alkanes) is 2. The Hall–Kier alpha value is -2.29. The highest BCUT2D eigenvalue weighted by Gasteiger charge is 2.52. The van der Waals surface area contributed by atoms with Gasteiger partial charge in [-0.3, -0.25) is 4.99 Å². The molecule has 3 nitrogen and oxygen atoms in total. The zero-order valence-electron chi connectivity index (χ0n) is 15.3. The molecule has 2 aliphatic heterocycles. The van der Waals surface area contributed by atoms with Gasteiger partial charge in [0.2, 0.25) is 0 Å². The number of benzene rings is 1. The number of nitrogens with zero attached hydrogens (tertiary/aromatic N) is 1. The molecule has 0 amide bonds. The molecule has 3 aliphatic rings. The number of aromatic hydroxyl groups is 1. The van der Waals surface area contributed by atoms with Crippen molar-refractivity contribution in [1.29, 1.82) is 0 Å². The Bertz CT molecular complexity index is 792. The first-order valence-electron chi connectivity index (χ1n) is 9.66. The van der Waals surface area contributed by atoms with Gasteiger partial charge in [0.1, 0.15) is 11.5 Å². The molecule has 3 heteroatoms. The Balaban J connectivity index is 1.69. The summed E-state index contributed by atoms with van der Waals surface area (Å²) in [7, 11) is 0. The van der Waals surface area contributed by atoms with E-state index in [-0.39, 0.29) is 11.5 Å². The van der Waals surface area contributed by atoms with Crippen molar-refractivity contribution in [2.45, 2.75) is 50.0 Å². The van der Waals surface area contributed by atoms with Crippen LogP contribution in [0, 0.1) is 5.92 Å². The molecule has 2 heterocycles. The average molecular weight is 349 g/mol. The van der Waals surface area contributed by atoms with Gasteiger partial charge in [0.15, 0.2) is 5.60 Å². The van der Waals surface area contributed by atoms with Crippen LogP contribution in [0.15, 0.2) is 54.1 Å². The quantitative estimate of drug-likeness (QED) is 0.572. The van der Waals surface area contributed by atoms with E-state index in [0.717, 1.165) is 61.9 Å². The zero-order valence-corrected chi connectivity index (χ0v) is 15.3. The molecule has 1 aromatic rings. The summed E-state index contributed by atoms with van der Waals surface area (Å²) in [5.41, 5.74) is 3.04. The van der Waals surface area contributed by atoms with Crippen molar-refractivity contribution < 1.29 is 9.84 Å². The number of allylic oxidation sites excluding steroid dienone is 4. The Kier molecular flexibility index (Phi) is 4.47. The highest BCUT2D eigenvalue weighted by Crippen LogP contribution is 2.54. The highest BCUT2D eigenvalue weighted by atomic mass is 16.5. The van der Waals surface area contributed by atoms with Crippen LogP contribution in [0.3, 0.4) is 0 Å². The Labute approximate surface area is 155 Å². The van der Waals surface area contributed by atoms with Crippen LogP contribution in [-0.4, -0.2) is 23.5 Å². The minimum absolute atomic E-state index is 0.169. The van der Waals surface area contributed by atoms with Crippen molar-refractivity contribution in [1.82, 2.24) is 0 Å². The van der Waals surface area contributed by atoms with Gasteiger partial charge >= 0.3 is 0 Å². The van der Waals surface area contributed by atoms with E-state index in [1.54, 1.807) is 0 Å². The van der Waals surface area contributed by atoms with Crippen molar-refractivity contribution in [2.75, 3.05) is 6.54 Å². The lowest BCUT2D eigenvalue weighted by atomic mass is 9.65. The number of aryl methyl sites for hydroxylation is 1. The van der Waals surface area contributed by atoms with Crippen molar-refractivity contribution in [3.8, 4) is 11.5 Å². The van der Waals surface area contributed by atoms with E-state index in [4.69, 9.17) is 4.74 Å². The van der Waals surface area contributed by atoms with Crippen LogP contribution in [0.5, 0.6) is 11.5 Å². The van der Waals surface area contributed by atoms with Gasteiger partial charge in [0.25, 0.3) is 0 Å².